The van der Waals surface area contributed by atoms with Crippen LogP contribution in [0.2, 0.25) is 0 Å². The average Bonchev–Trinajstić information content (AvgIpc) is 3.01. The van der Waals surface area contributed by atoms with Crippen molar-refractivity contribution in [1.82, 2.24) is 0 Å². The van der Waals surface area contributed by atoms with Gasteiger partial charge in [0.2, 0.25) is 0 Å². The highest BCUT2D eigenvalue weighted by Crippen LogP contribution is 2.51. The van der Waals surface area contributed by atoms with Crippen molar-refractivity contribution < 1.29 is 0 Å². The summed E-state index contributed by atoms with van der Waals surface area (Å²) in [6, 6.07) is 13.5. The third-order valence-electron chi connectivity index (χ3n) is 6.63. The SMILES string of the molecule is Cc1cc(C)c(C)c(S[C@H](C)[C@@H]2CCC[C@@]2(C)c2ccccc2)c1C. The van der Waals surface area contributed by atoms with Crippen LogP contribution in [-0.4, -0.2) is 5.25 Å². The zero-order valence-electron chi connectivity index (χ0n) is 16.6. The Morgan fingerprint density at radius 1 is 1.00 bits per heavy atom. The van der Waals surface area contributed by atoms with Crippen molar-refractivity contribution in [2.45, 2.75) is 76.4 Å². The van der Waals surface area contributed by atoms with Crippen molar-refractivity contribution in [3.8, 4) is 0 Å². The molecule has 1 aliphatic rings. The molecule has 25 heavy (non-hydrogen) atoms. The Morgan fingerprint density at radius 2 is 1.60 bits per heavy atom. The molecule has 0 nitrogen and oxygen atoms in total. The second-order valence-electron chi connectivity index (χ2n) is 8.19. The normalized spacial score (nSPS) is 24.5. The van der Waals surface area contributed by atoms with E-state index in [2.05, 4.69) is 89.7 Å². The van der Waals surface area contributed by atoms with Gasteiger partial charge in [0.15, 0.2) is 0 Å². The second-order valence-corrected chi connectivity index (χ2v) is 9.58. The van der Waals surface area contributed by atoms with Gasteiger partial charge in [0.1, 0.15) is 0 Å². The van der Waals surface area contributed by atoms with Gasteiger partial charge in [-0.1, -0.05) is 56.7 Å². The molecule has 1 heteroatoms. The van der Waals surface area contributed by atoms with E-state index in [-0.39, 0.29) is 0 Å². The fourth-order valence-corrected chi connectivity index (χ4v) is 6.40. The Bertz CT molecular complexity index is 720. The Balaban J connectivity index is 1.90. The number of hydrogen-bond acceptors (Lipinski definition) is 1. The maximum Gasteiger partial charge on any atom is 0.0139 e. The van der Waals surface area contributed by atoms with Crippen LogP contribution in [0.3, 0.4) is 0 Å². The monoisotopic (exact) mass is 352 g/mol. The predicted octanol–water partition coefficient (Wildman–Crippen LogP) is 7.16. The van der Waals surface area contributed by atoms with Gasteiger partial charge >= 0.3 is 0 Å². The molecule has 1 fully saturated rings. The molecular weight excluding hydrogens is 320 g/mol. The van der Waals surface area contributed by atoms with E-state index in [1.165, 1.54) is 52.0 Å². The summed E-state index contributed by atoms with van der Waals surface area (Å²) in [7, 11) is 0. The van der Waals surface area contributed by atoms with Crippen LogP contribution < -0.4 is 0 Å². The standard InChI is InChI=1S/C24H32S/c1-16-15-17(2)19(4)23(18(16)3)25-20(5)22-13-10-14-24(22,6)21-11-8-7-9-12-21/h7-9,11-12,15,20,22H,10,13-14H2,1-6H3/t20-,22+,24+/m1/s1. The number of hydrogen-bond donors (Lipinski definition) is 0. The van der Waals surface area contributed by atoms with E-state index in [4.69, 9.17) is 0 Å². The Kier molecular flexibility index (Phi) is 5.34. The van der Waals surface area contributed by atoms with Crippen molar-refractivity contribution in [2.75, 3.05) is 0 Å². The van der Waals surface area contributed by atoms with Crippen molar-refractivity contribution >= 4 is 11.8 Å². The van der Waals surface area contributed by atoms with Crippen LogP contribution >= 0.6 is 11.8 Å². The summed E-state index contributed by atoms with van der Waals surface area (Å²) < 4.78 is 0. The first-order valence-corrected chi connectivity index (χ1v) is 10.5. The quantitative estimate of drug-likeness (QED) is 0.526. The van der Waals surface area contributed by atoms with Gasteiger partial charge in [0, 0.05) is 10.1 Å². The lowest BCUT2D eigenvalue weighted by atomic mass is 9.73. The minimum absolute atomic E-state index is 0.314. The molecule has 1 aliphatic carbocycles. The highest BCUT2D eigenvalue weighted by molar-refractivity contribution is 8.00. The van der Waals surface area contributed by atoms with Crippen LogP contribution in [0.5, 0.6) is 0 Å². The molecule has 3 atom stereocenters. The van der Waals surface area contributed by atoms with Crippen molar-refractivity contribution in [3.05, 3.63) is 64.2 Å². The molecular formula is C24H32S. The maximum atomic E-state index is 2.50. The van der Waals surface area contributed by atoms with Gasteiger partial charge in [-0.3, -0.25) is 0 Å². The highest BCUT2D eigenvalue weighted by atomic mass is 32.2. The lowest BCUT2D eigenvalue weighted by molar-refractivity contribution is 0.342. The minimum atomic E-state index is 0.314. The molecule has 134 valence electrons. The molecule has 0 aromatic heterocycles. The van der Waals surface area contributed by atoms with Gasteiger partial charge in [0.05, 0.1) is 0 Å². The van der Waals surface area contributed by atoms with E-state index in [1.807, 2.05) is 0 Å². The largest absolute Gasteiger partial charge is 0.122 e. The first-order valence-electron chi connectivity index (χ1n) is 9.64. The second kappa shape index (κ2) is 7.19. The first kappa shape index (κ1) is 18.6. The Morgan fingerprint density at radius 3 is 2.20 bits per heavy atom. The fraction of sp³-hybridized carbons (Fsp3) is 0.500. The molecule has 0 bridgehead atoms. The first-order chi connectivity index (χ1) is 11.8. The zero-order chi connectivity index (χ0) is 18.2. The molecule has 0 aliphatic heterocycles. The Hall–Kier alpha value is -1.21. The number of thioether (sulfide) groups is 1. The van der Waals surface area contributed by atoms with Crippen molar-refractivity contribution in [3.63, 3.8) is 0 Å². The summed E-state index contributed by atoms with van der Waals surface area (Å²) in [6.45, 7) is 14.0. The number of aryl methyl sites for hydroxylation is 2. The predicted molar refractivity (Wildman–Crippen MR) is 112 cm³/mol. The number of rotatable bonds is 4. The van der Waals surface area contributed by atoms with E-state index in [0.717, 1.165) is 5.92 Å². The molecule has 0 N–H and O–H groups in total. The average molecular weight is 353 g/mol. The molecule has 0 radical (unpaired) electrons. The number of benzene rings is 2. The van der Waals surface area contributed by atoms with E-state index in [1.54, 1.807) is 0 Å². The molecule has 3 rings (SSSR count). The maximum absolute atomic E-state index is 2.50. The molecule has 0 heterocycles. The summed E-state index contributed by atoms with van der Waals surface area (Å²) in [5, 5.41) is 0.631. The third-order valence-corrected chi connectivity index (χ3v) is 8.18. The Labute approximate surface area is 158 Å². The molecule has 0 unspecified atom stereocenters. The van der Waals surface area contributed by atoms with Crippen LogP contribution in [-0.2, 0) is 5.41 Å². The lowest BCUT2D eigenvalue weighted by Crippen LogP contribution is -2.32. The van der Waals surface area contributed by atoms with Crippen LogP contribution in [0.25, 0.3) is 0 Å². The summed E-state index contributed by atoms with van der Waals surface area (Å²) in [5.41, 5.74) is 7.64. The molecule has 0 saturated heterocycles. The highest BCUT2D eigenvalue weighted by Gasteiger charge is 2.43. The van der Waals surface area contributed by atoms with Crippen LogP contribution in [0, 0.1) is 33.6 Å². The fourth-order valence-electron chi connectivity index (χ4n) is 4.75. The van der Waals surface area contributed by atoms with E-state index < -0.39 is 0 Å². The summed E-state index contributed by atoms with van der Waals surface area (Å²) >= 11 is 2.12. The van der Waals surface area contributed by atoms with Crippen LogP contribution in [0.1, 0.15) is 60.9 Å². The van der Waals surface area contributed by atoms with Crippen molar-refractivity contribution in [1.29, 1.82) is 0 Å². The lowest BCUT2D eigenvalue weighted by Gasteiger charge is -2.36. The van der Waals surface area contributed by atoms with Crippen LogP contribution in [0.15, 0.2) is 41.3 Å². The van der Waals surface area contributed by atoms with E-state index >= 15 is 0 Å². The molecule has 2 aromatic carbocycles. The topological polar surface area (TPSA) is 0 Å². The van der Waals surface area contributed by atoms with Gasteiger partial charge in [-0.05, 0) is 79.7 Å². The summed E-state index contributed by atoms with van der Waals surface area (Å²) in [5.74, 6) is 0.736. The summed E-state index contributed by atoms with van der Waals surface area (Å²) in [4.78, 5) is 1.52. The van der Waals surface area contributed by atoms with Gasteiger partial charge in [-0.15, -0.1) is 11.8 Å². The molecule has 0 amide bonds. The van der Waals surface area contributed by atoms with E-state index in [0.29, 0.717) is 10.7 Å². The smallest absolute Gasteiger partial charge is 0.0139 e. The zero-order valence-corrected chi connectivity index (χ0v) is 17.5. The third kappa shape index (κ3) is 3.40. The minimum Gasteiger partial charge on any atom is -0.122 e. The van der Waals surface area contributed by atoms with Gasteiger partial charge in [-0.25, -0.2) is 0 Å². The van der Waals surface area contributed by atoms with Crippen LogP contribution in [0.4, 0.5) is 0 Å². The van der Waals surface area contributed by atoms with Gasteiger partial charge in [-0.2, -0.15) is 0 Å². The van der Waals surface area contributed by atoms with E-state index in [9.17, 15) is 0 Å². The molecule has 1 saturated carbocycles. The van der Waals surface area contributed by atoms with Gasteiger partial charge < -0.3 is 0 Å². The summed E-state index contributed by atoms with van der Waals surface area (Å²) in [6.07, 6.45) is 4.02. The molecule has 0 spiro atoms. The van der Waals surface area contributed by atoms with Gasteiger partial charge in [0.25, 0.3) is 0 Å². The molecule has 2 aromatic rings. The van der Waals surface area contributed by atoms with Crippen molar-refractivity contribution in [2.24, 2.45) is 5.92 Å².